The van der Waals surface area contributed by atoms with Gasteiger partial charge in [0.15, 0.2) is 9.84 Å². The third-order valence-electron chi connectivity index (χ3n) is 4.19. The number of carbonyl (C=O) groups excluding carboxylic acids is 2. The fraction of sp³-hybridized carbons (Fsp3) is 0.714. The van der Waals surface area contributed by atoms with Crippen LogP contribution in [0.5, 0.6) is 0 Å². The highest BCUT2D eigenvalue weighted by molar-refractivity contribution is 7.91. The topological polar surface area (TPSA) is 74.8 Å². The fourth-order valence-electron chi connectivity index (χ4n) is 3.12. The Morgan fingerprint density at radius 3 is 2.76 bits per heavy atom. The van der Waals surface area contributed by atoms with E-state index in [9.17, 15) is 18.0 Å². The lowest BCUT2D eigenvalue weighted by Gasteiger charge is -2.29. The van der Waals surface area contributed by atoms with Crippen LogP contribution in [0.2, 0.25) is 0 Å². The molecule has 2 unspecified atom stereocenters. The third-order valence-corrected chi connectivity index (χ3v) is 5.94. The maximum atomic E-state index is 12.6. The predicted molar refractivity (Wildman–Crippen MR) is 79.3 cm³/mol. The SMILES string of the molecule is C=CCN1CC(C(=O)N(CC)C2CCS(=O)(=O)C2)CC1=O. The van der Waals surface area contributed by atoms with E-state index in [0.29, 0.717) is 26.1 Å². The first-order valence-corrected chi connectivity index (χ1v) is 9.09. The third kappa shape index (κ3) is 3.45. The number of hydrogen-bond donors (Lipinski definition) is 0. The van der Waals surface area contributed by atoms with Crippen LogP contribution in [-0.2, 0) is 19.4 Å². The maximum absolute atomic E-state index is 12.6. The second-order valence-electron chi connectivity index (χ2n) is 5.67. The molecule has 0 spiro atoms. The molecule has 6 nitrogen and oxygen atoms in total. The highest BCUT2D eigenvalue weighted by Gasteiger charge is 2.40. The van der Waals surface area contributed by atoms with Gasteiger partial charge in [0.2, 0.25) is 11.8 Å². The lowest BCUT2D eigenvalue weighted by Crippen LogP contribution is -2.44. The molecule has 0 saturated carbocycles. The van der Waals surface area contributed by atoms with Crippen LogP contribution in [0.4, 0.5) is 0 Å². The Hall–Kier alpha value is -1.37. The molecule has 0 radical (unpaired) electrons. The fourth-order valence-corrected chi connectivity index (χ4v) is 4.85. The molecule has 2 rings (SSSR count). The summed E-state index contributed by atoms with van der Waals surface area (Å²) in [7, 11) is -3.02. The molecule has 0 aromatic rings. The summed E-state index contributed by atoms with van der Waals surface area (Å²) in [5.74, 6) is -0.305. The monoisotopic (exact) mass is 314 g/mol. The molecule has 2 aliphatic heterocycles. The summed E-state index contributed by atoms with van der Waals surface area (Å²) in [5, 5.41) is 0. The molecule has 0 N–H and O–H groups in total. The number of sulfone groups is 1. The average Bonchev–Trinajstić information content (AvgIpc) is 2.95. The second kappa shape index (κ2) is 6.17. The van der Waals surface area contributed by atoms with Crippen molar-refractivity contribution in [2.24, 2.45) is 5.92 Å². The van der Waals surface area contributed by atoms with Crippen molar-refractivity contribution in [3.63, 3.8) is 0 Å². The number of likely N-dealkylation sites (tertiary alicyclic amines) is 1. The van der Waals surface area contributed by atoms with Crippen molar-refractivity contribution in [2.75, 3.05) is 31.1 Å². The molecule has 2 saturated heterocycles. The van der Waals surface area contributed by atoms with Gasteiger partial charge in [0, 0.05) is 32.1 Å². The lowest BCUT2D eigenvalue weighted by molar-refractivity contribution is -0.137. The minimum Gasteiger partial charge on any atom is -0.339 e. The molecule has 0 bridgehead atoms. The summed E-state index contributed by atoms with van der Waals surface area (Å²) in [6.45, 7) is 6.78. The highest BCUT2D eigenvalue weighted by Crippen LogP contribution is 2.24. The van der Waals surface area contributed by atoms with Gasteiger partial charge in [-0.1, -0.05) is 6.08 Å². The van der Waals surface area contributed by atoms with E-state index >= 15 is 0 Å². The molecule has 2 aliphatic rings. The second-order valence-corrected chi connectivity index (χ2v) is 7.90. The van der Waals surface area contributed by atoms with Crippen LogP contribution in [0, 0.1) is 5.92 Å². The first-order chi connectivity index (χ1) is 9.88. The summed E-state index contributed by atoms with van der Waals surface area (Å²) in [5.41, 5.74) is 0. The maximum Gasteiger partial charge on any atom is 0.228 e. The van der Waals surface area contributed by atoms with Crippen LogP contribution in [0.25, 0.3) is 0 Å². The largest absolute Gasteiger partial charge is 0.339 e. The van der Waals surface area contributed by atoms with Crippen molar-refractivity contribution < 1.29 is 18.0 Å². The van der Waals surface area contributed by atoms with Gasteiger partial charge in [-0.15, -0.1) is 6.58 Å². The quantitative estimate of drug-likeness (QED) is 0.672. The summed E-state index contributed by atoms with van der Waals surface area (Å²) in [4.78, 5) is 27.7. The van der Waals surface area contributed by atoms with E-state index < -0.39 is 9.84 Å². The first kappa shape index (κ1) is 16.0. The normalized spacial score (nSPS) is 27.9. The van der Waals surface area contributed by atoms with Gasteiger partial charge in [0.05, 0.1) is 17.4 Å². The van der Waals surface area contributed by atoms with E-state index in [0.717, 1.165) is 0 Å². The summed E-state index contributed by atoms with van der Waals surface area (Å²) < 4.78 is 23.2. The van der Waals surface area contributed by atoms with Crippen molar-refractivity contribution in [1.29, 1.82) is 0 Å². The van der Waals surface area contributed by atoms with Gasteiger partial charge in [-0.3, -0.25) is 9.59 Å². The average molecular weight is 314 g/mol. The number of hydrogen-bond acceptors (Lipinski definition) is 4. The van der Waals surface area contributed by atoms with Crippen molar-refractivity contribution in [2.45, 2.75) is 25.8 Å². The molecule has 2 heterocycles. The molecule has 0 aromatic heterocycles. The molecular weight excluding hydrogens is 292 g/mol. The molecule has 21 heavy (non-hydrogen) atoms. The number of carbonyl (C=O) groups is 2. The van der Waals surface area contributed by atoms with E-state index in [-0.39, 0.29) is 41.7 Å². The van der Waals surface area contributed by atoms with Crippen molar-refractivity contribution in [3.8, 4) is 0 Å². The van der Waals surface area contributed by atoms with Gasteiger partial charge >= 0.3 is 0 Å². The van der Waals surface area contributed by atoms with Crippen molar-refractivity contribution in [1.82, 2.24) is 9.80 Å². The minimum atomic E-state index is -3.02. The molecule has 0 aliphatic carbocycles. The Bertz CT molecular complexity index is 543. The first-order valence-electron chi connectivity index (χ1n) is 7.27. The van der Waals surface area contributed by atoms with Crippen LogP contribution in [0.3, 0.4) is 0 Å². The van der Waals surface area contributed by atoms with E-state index in [1.54, 1.807) is 15.9 Å². The zero-order valence-corrected chi connectivity index (χ0v) is 13.1. The summed E-state index contributed by atoms with van der Waals surface area (Å²) in [6, 6.07) is -0.240. The summed E-state index contributed by atoms with van der Waals surface area (Å²) in [6.07, 6.45) is 2.35. The predicted octanol–water partition coefficient (Wildman–Crippen LogP) is 0.0565. The molecule has 2 amide bonds. The number of rotatable bonds is 5. The number of amides is 2. The molecule has 7 heteroatoms. The van der Waals surface area contributed by atoms with Crippen LogP contribution in [0.1, 0.15) is 19.8 Å². The van der Waals surface area contributed by atoms with Gasteiger partial charge in [-0.2, -0.15) is 0 Å². The molecular formula is C14H22N2O4S. The zero-order valence-electron chi connectivity index (χ0n) is 12.3. The smallest absolute Gasteiger partial charge is 0.228 e. The lowest BCUT2D eigenvalue weighted by atomic mass is 10.1. The zero-order chi connectivity index (χ0) is 15.6. The van der Waals surface area contributed by atoms with Crippen molar-refractivity contribution in [3.05, 3.63) is 12.7 Å². The van der Waals surface area contributed by atoms with Gasteiger partial charge in [-0.25, -0.2) is 8.42 Å². The Morgan fingerprint density at radius 1 is 1.52 bits per heavy atom. The van der Waals surface area contributed by atoms with Gasteiger partial charge in [-0.05, 0) is 13.3 Å². The van der Waals surface area contributed by atoms with Gasteiger partial charge < -0.3 is 9.80 Å². The molecule has 118 valence electrons. The minimum absolute atomic E-state index is 0.0386. The Morgan fingerprint density at radius 2 is 2.24 bits per heavy atom. The molecule has 2 atom stereocenters. The van der Waals surface area contributed by atoms with Gasteiger partial charge in [0.1, 0.15) is 0 Å². The van der Waals surface area contributed by atoms with Crippen LogP contribution >= 0.6 is 0 Å². The highest BCUT2D eigenvalue weighted by atomic mass is 32.2. The van der Waals surface area contributed by atoms with E-state index in [1.165, 1.54) is 0 Å². The van der Waals surface area contributed by atoms with Crippen LogP contribution in [0.15, 0.2) is 12.7 Å². The standard InChI is InChI=1S/C14H22N2O4S/c1-3-6-15-9-11(8-13(15)17)14(18)16(4-2)12-5-7-21(19,20)10-12/h3,11-12H,1,4-10H2,2H3. The van der Waals surface area contributed by atoms with E-state index in [4.69, 9.17) is 0 Å². The molecule has 2 fully saturated rings. The summed E-state index contributed by atoms with van der Waals surface area (Å²) >= 11 is 0. The van der Waals surface area contributed by atoms with E-state index in [1.807, 2.05) is 6.92 Å². The van der Waals surface area contributed by atoms with E-state index in [2.05, 4.69) is 6.58 Å². The Kier molecular flexibility index (Phi) is 4.70. The Balaban J connectivity index is 2.04. The number of nitrogens with zero attached hydrogens (tertiary/aromatic N) is 2. The van der Waals surface area contributed by atoms with Crippen molar-refractivity contribution >= 4 is 21.7 Å². The van der Waals surface area contributed by atoms with Crippen LogP contribution < -0.4 is 0 Å². The Labute approximate surface area is 125 Å². The van der Waals surface area contributed by atoms with Gasteiger partial charge in [0.25, 0.3) is 0 Å². The molecule has 0 aromatic carbocycles. The van der Waals surface area contributed by atoms with Crippen LogP contribution in [-0.4, -0.2) is 67.2 Å².